The number of halogens is 2. The molecule has 148 valence electrons. The number of guanidine groups is 1. The first-order valence-corrected chi connectivity index (χ1v) is 9.33. The lowest BCUT2D eigenvalue weighted by molar-refractivity contribution is 0.0657. The van der Waals surface area contributed by atoms with Crippen molar-refractivity contribution in [3.05, 3.63) is 59.6 Å². The zero-order valence-corrected chi connectivity index (χ0v) is 15.6. The van der Waals surface area contributed by atoms with E-state index in [0.717, 1.165) is 0 Å². The standard InChI is InChI=1S/C20H22F2N4O2/c1-23-20(24-16-12-13(16)18-14(21)4-2-5-15(18)22)26-9-7-25(8-10-26)19(27)17-6-3-11-28-17/h2-6,11,13,16H,7-10,12H2,1H3,(H,23,24). The van der Waals surface area contributed by atoms with Crippen molar-refractivity contribution in [1.82, 2.24) is 15.1 Å². The zero-order chi connectivity index (χ0) is 19.7. The van der Waals surface area contributed by atoms with Gasteiger partial charge in [0.05, 0.1) is 6.26 Å². The van der Waals surface area contributed by atoms with Gasteiger partial charge in [0, 0.05) is 50.7 Å². The number of nitrogens with one attached hydrogen (secondary N) is 1. The van der Waals surface area contributed by atoms with Crippen LogP contribution in [0.15, 0.2) is 46.0 Å². The van der Waals surface area contributed by atoms with E-state index in [2.05, 4.69) is 15.2 Å². The van der Waals surface area contributed by atoms with Gasteiger partial charge in [-0.1, -0.05) is 6.07 Å². The van der Waals surface area contributed by atoms with Gasteiger partial charge in [-0.2, -0.15) is 0 Å². The van der Waals surface area contributed by atoms with E-state index in [9.17, 15) is 13.6 Å². The molecular weight excluding hydrogens is 366 g/mol. The number of hydrogen-bond donors (Lipinski definition) is 1. The molecule has 1 amide bonds. The lowest BCUT2D eigenvalue weighted by Gasteiger charge is -2.36. The summed E-state index contributed by atoms with van der Waals surface area (Å²) in [6.07, 6.45) is 2.15. The highest BCUT2D eigenvalue weighted by Crippen LogP contribution is 2.43. The van der Waals surface area contributed by atoms with E-state index in [1.165, 1.54) is 24.5 Å². The molecule has 2 atom stereocenters. The van der Waals surface area contributed by atoms with Crippen molar-refractivity contribution in [3.63, 3.8) is 0 Å². The number of hydrogen-bond acceptors (Lipinski definition) is 3. The monoisotopic (exact) mass is 388 g/mol. The molecule has 1 aliphatic heterocycles. The third kappa shape index (κ3) is 3.58. The van der Waals surface area contributed by atoms with Gasteiger partial charge in [-0.25, -0.2) is 8.78 Å². The van der Waals surface area contributed by atoms with Crippen LogP contribution in [0, 0.1) is 11.6 Å². The van der Waals surface area contributed by atoms with Crippen molar-refractivity contribution in [2.45, 2.75) is 18.4 Å². The summed E-state index contributed by atoms with van der Waals surface area (Å²) in [5.41, 5.74) is 0.143. The smallest absolute Gasteiger partial charge is 0.289 e. The van der Waals surface area contributed by atoms with Crippen molar-refractivity contribution in [2.24, 2.45) is 4.99 Å². The normalized spacial score (nSPS) is 22.3. The van der Waals surface area contributed by atoms with Gasteiger partial charge >= 0.3 is 0 Å². The van der Waals surface area contributed by atoms with Crippen LogP contribution in [0.1, 0.15) is 28.5 Å². The van der Waals surface area contributed by atoms with Gasteiger partial charge in [0.15, 0.2) is 11.7 Å². The molecule has 2 unspecified atom stereocenters. The molecule has 4 rings (SSSR count). The molecule has 0 spiro atoms. The Balaban J connectivity index is 1.33. The van der Waals surface area contributed by atoms with Crippen LogP contribution < -0.4 is 5.32 Å². The van der Waals surface area contributed by atoms with Crippen LogP contribution in [0.2, 0.25) is 0 Å². The predicted octanol–water partition coefficient (Wildman–Crippen LogP) is 2.45. The summed E-state index contributed by atoms with van der Waals surface area (Å²) in [5, 5.41) is 3.31. The fraction of sp³-hybridized carbons (Fsp3) is 0.400. The van der Waals surface area contributed by atoms with Crippen LogP contribution >= 0.6 is 0 Å². The van der Waals surface area contributed by atoms with Crippen molar-refractivity contribution >= 4 is 11.9 Å². The topological polar surface area (TPSA) is 61.1 Å². The van der Waals surface area contributed by atoms with E-state index in [0.29, 0.717) is 44.3 Å². The molecule has 1 saturated heterocycles. The minimum atomic E-state index is -0.505. The van der Waals surface area contributed by atoms with Gasteiger partial charge in [0.1, 0.15) is 11.6 Å². The Morgan fingerprint density at radius 1 is 1.11 bits per heavy atom. The number of piperazine rings is 1. The van der Waals surface area contributed by atoms with Gasteiger partial charge < -0.3 is 19.5 Å². The summed E-state index contributed by atoms with van der Waals surface area (Å²) in [6, 6.07) is 7.26. The summed E-state index contributed by atoms with van der Waals surface area (Å²) in [7, 11) is 1.68. The third-order valence-corrected chi connectivity index (χ3v) is 5.29. The maximum Gasteiger partial charge on any atom is 0.289 e. The first-order valence-electron chi connectivity index (χ1n) is 9.33. The summed E-state index contributed by atoms with van der Waals surface area (Å²) < 4.78 is 33.1. The lowest BCUT2D eigenvalue weighted by atomic mass is 10.1. The van der Waals surface area contributed by atoms with Gasteiger partial charge in [-0.3, -0.25) is 9.79 Å². The number of furan rings is 1. The molecule has 2 aromatic rings. The summed E-state index contributed by atoms with van der Waals surface area (Å²) >= 11 is 0. The van der Waals surface area contributed by atoms with Crippen LogP contribution in [0.25, 0.3) is 0 Å². The maximum atomic E-state index is 14.0. The Labute approximate surface area is 161 Å². The Bertz CT molecular complexity index is 856. The Morgan fingerprint density at radius 2 is 1.79 bits per heavy atom. The first-order chi connectivity index (χ1) is 13.6. The van der Waals surface area contributed by atoms with Crippen molar-refractivity contribution in [3.8, 4) is 0 Å². The minimum Gasteiger partial charge on any atom is -0.459 e. The quantitative estimate of drug-likeness (QED) is 0.648. The molecule has 1 aromatic heterocycles. The molecule has 1 aromatic carbocycles. The van der Waals surface area contributed by atoms with E-state index in [4.69, 9.17) is 4.42 Å². The fourth-order valence-corrected chi connectivity index (χ4v) is 3.68. The van der Waals surface area contributed by atoms with Crippen LogP contribution in [-0.4, -0.2) is 60.9 Å². The van der Waals surface area contributed by atoms with Crippen LogP contribution in [0.5, 0.6) is 0 Å². The Morgan fingerprint density at radius 3 is 2.39 bits per heavy atom. The van der Waals surface area contributed by atoms with Gasteiger partial charge in [-0.15, -0.1) is 0 Å². The number of carbonyl (C=O) groups is 1. The molecule has 2 fully saturated rings. The Hall–Kier alpha value is -2.90. The molecular formula is C20H22F2N4O2. The van der Waals surface area contributed by atoms with Gasteiger partial charge in [0.25, 0.3) is 5.91 Å². The molecule has 2 heterocycles. The lowest BCUT2D eigenvalue weighted by Crippen LogP contribution is -2.54. The highest BCUT2D eigenvalue weighted by Gasteiger charge is 2.43. The number of carbonyl (C=O) groups excluding carboxylic acids is 1. The second-order valence-electron chi connectivity index (χ2n) is 7.03. The highest BCUT2D eigenvalue weighted by atomic mass is 19.1. The average molecular weight is 388 g/mol. The first kappa shape index (κ1) is 18.5. The molecule has 1 saturated carbocycles. The fourth-order valence-electron chi connectivity index (χ4n) is 3.68. The predicted molar refractivity (Wildman–Crippen MR) is 100 cm³/mol. The van der Waals surface area contributed by atoms with E-state index in [1.54, 1.807) is 24.1 Å². The van der Waals surface area contributed by atoms with Crippen LogP contribution in [-0.2, 0) is 0 Å². The molecule has 6 nitrogen and oxygen atoms in total. The molecule has 0 radical (unpaired) electrons. The SMILES string of the molecule is CN=C(NC1CC1c1c(F)cccc1F)N1CCN(C(=O)c2ccco2)CC1. The van der Waals surface area contributed by atoms with Crippen LogP contribution in [0.4, 0.5) is 8.78 Å². The van der Waals surface area contributed by atoms with Crippen molar-refractivity contribution < 1.29 is 18.0 Å². The van der Waals surface area contributed by atoms with E-state index in [1.807, 2.05) is 0 Å². The number of benzene rings is 1. The molecule has 28 heavy (non-hydrogen) atoms. The van der Waals surface area contributed by atoms with E-state index < -0.39 is 11.6 Å². The molecule has 1 aliphatic carbocycles. The molecule has 1 N–H and O–H groups in total. The van der Waals surface area contributed by atoms with Crippen molar-refractivity contribution in [1.29, 1.82) is 0 Å². The number of amides is 1. The third-order valence-electron chi connectivity index (χ3n) is 5.29. The Kier molecular flexibility index (Phi) is 5.02. The number of nitrogens with zero attached hydrogens (tertiary/aromatic N) is 3. The van der Waals surface area contributed by atoms with Crippen LogP contribution in [0.3, 0.4) is 0 Å². The van der Waals surface area contributed by atoms with Gasteiger partial charge in [-0.05, 0) is 30.7 Å². The molecule has 2 aliphatic rings. The highest BCUT2D eigenvalue weighted by molar-refractivity contribution is 5.91. The molecule has 8 heteroatoms. The summed E-state index contributed by atoms with van der Waals surface area (Å²) in [4.78, 5) is 20.5. The summed E-state index contributed by atoms with van der Waals surface area (Å²) in [5.74, 6) is -0.300. The minimum absolute atomic E-state index is 0.0483. The van der Waals surface area contributed by atoms with E-state index in [-0.39, 0.29) is 23.4 Å². The number of rotatable bonds is 3. The van der Waals surface area contributed by atoms with Crippen molar-refractivity contribution in [2.75, 3.05) is 33.2 Å². The second-order valence-corrected chi connectivity index (χ2v) is 7.03. The maximum absolute atomic E-state index is 14.0. The zero-order valence-electron chi connectivity index (χ0n) is 15.6. The van der Waals surface area contributed by atoms with E-state index >= 15 is 0 Å². The second kappa shape index (κ2) is 7.61. The largest absolute Gasteiger partial charge is 0.459 e. The summed E-state index contributed by atoms with van der Waals surface area (Å²) in [6.45, 7) is 2.35. The number of aliphatic imine (C=N–C) groups is 1. The average Bonchev–Trinajstić information content (AvgIpc) is 3.22. The molecule has 0 bridgehead atoms. The van der Waals surface area contributed by atoms with Gasteiger partial charge in [0.2, 0.25) is 0 Å².